The molecule has 1 unspecified atom stereocenters. The van der Waals surface area contributed by atoms with Gasteiger partial charge in [-0.15, -0.1) is 13.2 Å². The largest absolute Gasteiger partial charge is 0.527 e. The monoisotopic (exact) mass is 348 g/mol. The van der Waals surface area contributed by atoms with Gasteiger partial charge in [0.1, 0.15) is 0 Å². The summed E-state index contributed by atoms with van der Waals surface area (Å²) in [5.41, 5.74) is 0. The molecule has 0 amide bonds. The van der Waals surface area contributed by atoms with E-state index in [0.29, 0.717) is 0 Å². The van der Waals surface area contributed by atoms with E-state index < -0.39 is 43.7 Å². The number of ether oxygens (including phenoxy) is 2. The van der Waals surface area contributed by atoms with Crippen LogP contribution in [-0.2, 0) is 9.47 Å². The predicted octanol–water partition coefficient (Wildman–Crippen LogP) is 4.31. The second kappa shape index (κ2) is 5.37. The molecule has 0 spiro atoms. The van der Waals surface area contributed by atoms with Gasteiger partial charge in [-0.25, -0.2) is 17.9 Å². The van der Waals surface area contributed by atoms with E-state index in [-0.39, 0.29) is 0 Å². The van der Waals surface area contributed by atoms with Crippen LogP contribution in [0.3, 0.4) is 0 Å². The molecule has 0 fully saturated rings. The van der Waals surface area contributed by atoms with Crippen LogP contribution in [0.2, 0.25) is 0 Å². The molecule has 0 heterocycles. The quantitative estimate of drug-likeness (QED) is 0.666. The molecule has 2 nitrogen and oxygen atoms in total. The minimum Gasteiger partial charge on any atom is -0.274 e. The molecule has 0 aliphatic rings. The Bertz CT molecular complexity index is 356. The lowest BCUT2D eigenvalue weighted by Crippen LogP contribution is -2.59. The standard InChI is InChI=1S/C7H4F12O2/c1-3(9,10)2(8)20-5(13,14)4(11,12)6(15,16)21-7(17,18)19/h2H,1H3. The first-order valence-corrected chi connectivity index (χ1v) is 4.43. The van der Waals surface area contributed by atoms with E-state index in [1.807, 2.05) is 0 Å². The molecule has 128 valence electrons. The van der Waals surface area contributed by atoms with Gasteiger partial charge >= 0.3 is 24.5 Å². The first-order chi connectivity index (χ1) is 8.83. The maximum absolute atomic E-state index is 12.6. The topological polar surface area (TPSA) is 18.5 Å². The molecule has 0 radical (unpaired) electrons. The molecule has 0 rings (SSSR count). The van der Waals surface area contributed by atoms with E-state index in [9.17, 15) is 52.7 Å². The first kappa shape index (κ1) is 20.1. The van der Waals surface area contributed by atoms with Gasteiger partial charge in [0.15, 0.2) is 0 Å². The van der Waals surface area contributed by atoms with Gasteiger partial charge in [0.2, 0.25) is 0 Å². The minimum absolute atomic E-state index is 0.434. The Morgan fingerprint density at radius 2 is 1.10 bits per heavy atom. The Morgan fingerprint density at radius 1 is 0.714 bits per heavy atom. The lowest BCUT2D eigenvalue weighted by atomic mass is 10.3. The molecule has 0 aromatic carbocycles. The van der Waals surface area contributed by atoms with Gasteiger partial charge in [-0.2, -0.15) is 26.3 Å². The van der Waals surface area contributed by atoms with Crippen LogP contribution >= 0.6 is 0 Å². The summed E-state index contributed by atoms with van der Waals surface area (Å²) in [7, 11) is 0. The molecule has 0 saturated carbocycles. The third-order valence-electron chi connectivity index (χ3n) is 1.62. The summed E-state index contributed by atoms with van der Waals surface area (Å²) in [6.07, 6.45) is -24.6. The molecular weight excluding hydrogens is 344 g/mol. The fraction of sp³-hybridized carbons (Fsp3) is 1.00. The smallest absolute Gasteiger partial charge is 0.274 e. The van der Waals surface area contributed by atoms with Gasteiger partial charge in [-0.05, 0) is 0 Å². The second-order valence-electron chi connectivity index (χ2n) is 3.55. The summed E-state index contributed by atoms with van der Waals surface area (Å²) in [6, 6.07) is 0. The molecule has 0 saturated heterocycles. The van der Waals surface area contributed by atoms with Crippen molar-refractivity contribution >= 4 is 0 Å². The highest BCUT2D eigenvalue weighted by Crippen LogP contribution is 2.50. The van der Waals surface area contributed by atoms with Crippen molar-refractivity contribution < 1.29 is 62.2 Å². The third-order valence-corrected chi connectivity index (χ3v) is 1.62. The highest BCUT2D eigenvalue weighted by molar-refractivity contribution is 4.87. The van der Waals surface area contributed by atoms with Gasteiger partial charge in [0, 0.05) is 6.92 Å². The van der Waals surface area contributed by atoms with Crippen molar-refractivity contribution in [1.82, 2.24) is 0 Å². The summed E-state index contributed by atoms with van der Waals surface area (Å²) in [6.45, 7) is -0.434. The van der Waals surface area contributed by atoms with Crippen LogP contribution in [0.4, 0.5) is 52.7 Å². The van der Waals surface area contributed by atoms with Crippen LogP contribution in [-0.4, -0.2) is 36.8 Å². The summed E-state index contributed by atoms with van der Waals surface area (Å²) in [5, 5.41) is 0. The molecule has 0 aromatic rings. The van der Waals surface area contributed by atoms with Gasteiger partial charge in [0.05, 0.1) is 0 Å². The van der Waals surface area contributed by atoms with Crippen molar-refractivity contribution in [3.63, 3.8) is 0 Å². The zero-order valence-corrected chi connectivity index (χ0v) is 9.43. The van der Waals surface area contributed by atoms with Gasteiger partial charge in [-0.1, -0.05) is 0 Å². The number of rotatable bonds is 6. The maximum Gasteiger partial charge on any atom is 0.527 e. The van der Waals surface area contributed by atoms with E-state index in [4.69, 9.17) is 0 Å². The number of halogens is 12. The molecule has 0 aliphatic heterocycles. The van der Waals surface area contributed by atoms with E-state index in [2.05, 4.69) is 4.74 Å². The van der Waals surface area contributed by atoms with Crippen molar-refractivity contribution in [2.24, 2.45) is 0 Å². The first-order valence-electron chi connectivity index (χ1n) is 4.43. The van der Waals surface area contributed by atoms with E-state index in [1.165, 1.54) is 4.74 Å². The Kier molecular flexibility index (Phi) is 5.13. The minimum atomic E-state index is -7.11. The van der Waals surface area contributed by atoms with Crippen molar-refractivity contribution in [2.75, 3.05) is 0 Å². The third kappa shape index (κ3) is 4.79. The summed E-state index contributed by atoms with van der Waals surface area (Å²) in [5.74, 6) is -11.9. The molecule has 14 heteroatoms. The van der Waals surface area contributed by atoms with Crippen LogP contribution in [0.1, 0.15) is 6.92 Å². The Balaban J connectivity index is 5.37. The van der Waals surface area contributed by atoms with E-state index in [1.54, 1.807) is 0 Å². The maximum atomic E-state index is 12.6. The lowest BCUT2D eigenvalue weighted by molar-refractivity contribution is -0.515. The second-order valence-corrected chi connectivity index (χ2v) is 3.55. The Hall–Kier alpha value is -0.920. The zero-order valence-electron chi connectivity index (χ0n) is 9.43. The van der Waals surface area contributed by atoms with E-state index >= 15 is 0 Å². The van der Waals surface area contributed by atoms with Crippen molar-refractivity contribution in [3.05, 3.63) is 0 Å². The molecule has 21 heavy (non-hydrogen) atoms. The molecule has 0 bridgehead atoms. The van der Waals surface area contributed by atoms with Crippen LogP contribution in [0.5, 0.6) is 0 Å². The molecule has 1 atom stereocenters. The van der Waals surface area contributed by atoms with Crippen molar-refractivity contribution in [2.45, 2.75) is 43.7 Å². The molecule has 0 aromatic heterocycles. The van der Waals surface area contributed by atoms with Gasteiger partial charge in [-0.3, -0.25) is 4.74 Å². The van der Waals surface area contributed by atoms with Crippen molar-refractivity contribution in [3.8, 4) is 0 Å². The zero-order chi connectivity index (χ0) is 17.5. The normalized spacial score (nSPS) is 17.0. The van der Waals surface area contributed by atoms with Crippen LogP contribution in [0.15, 0.2) is 0 Å². The summed E-state index contributed by atoms with van der Waals surface area (Å²) < 4.78 is 150. The molecule has 0 aliphatic carbocycles. The highest BCUT2D eigenvalue weighted by Gasteiger charge is 2.77. The van der Waals surface area contributed by atoms with Crippen LogP contribution in [0.25, 0.3) is 0 Å². The Labute approximate surface area is 107 Å². The van der Waals surface area contributed by atoms with Gasteiger partial charge in [0.25, 0.3) is 12.3 Å². The van der Waals surface area contributed by atoms with Gasteiger partial charge < -0.3 is 0 Å². The van der Waals surface area contributed by atoms with Crippen LogP contribution < -0.4 is 0 Å². The highest BCUT2D eigenvalue weighted by atomic mass is 19.4. The number of hydrogen-bond donors (Lipinski definition) is 0. The van der Waals surface area contributed by atoms with Crippen LogP contribution in [0, 0.1) is 0 Å². The predicted molar refractivity (Wildman–Crippen MR) is 38.6 cm³/mol. The average molecular weight is 348 g/mol. The number of hydrogen-bond acceptors (Lipinski definition) is 2. The Morgan fingerprint density at radius 3 is 1.38 bits per heavy atom. The van der Waals surface area contributed by atoms with E-state index in [0.717, 1.165) is 0 Å². The summed E-state index contributed by atoms with van der Waals surface area (Å²) >= 11 is 0. The average Bonchev–Trinajstić information content (AvgIpc) is 2.10. The molecular formula is C7H4F12O2. The number of alkyl halides is 12. The lowest BCUT2D eigenvalue weighted by Gasteiger charge is -2.33. The molecule has 0 N–H and O–H groups in total. The van der Waals surface area contributed by atoms with Crippen molar-refractivity contribution in [1.29, 1.82) is 0 Å². The fourth-order valence-corrected chi connectivity index (χ4v) is 0.686. The fourth-order valence-electron chi connectivity index (χ4n) is 0.686. The summed E-state index contributed by atoms with van der Waals surface area (Å²) in [4.78, 5) is 0. The SMILES string of the molecule is CC(F)(F)C(F)OC(F)(F)C(F)(F)C(F)(F)OC(F)(F)F.